The fraction of sp³-hybridized carbons (Fsp3) is 0.381. The highest BCUT2D eigenvalue weighted by Gasteiger charge is 2.30. The van der Waals surface area contributed by atoms with Crippen molar-refractivity contribution >= 4 is 17.5 Å². The Hall–Kier alpha value is -2.04. The van der Waals surface area contributed by atoms with Gasteiger partial charge >= 0.3 is 0 Å². The van der Waals surface area contributed by atoms with Crippen LogP contribution < -0.4 is 4.74 Å². The van der Waals surface area contributed by atoms with Crippen molar-refractivity contribution in [3.05, 3.63) is 65.2 Å². The summed E-state index contributed by atoms with van der Waals surface area (Å²) in [5, 5.41) is 11.1. The highest BCUT2D eigenvalue weighted by Crippen LogP contribution is 2.31. The van der Waals surface area contributed by atoms with Crippen LogP contribution >= 0.6 is 11.6 Å². The molecule has 1 aliphatic heterocycles. The average molecular weight is 374 g/mol. The van der Waals surface area contributed by atoms with Gasteiger partial charge in [0.25, 0.3) is 5.91 Å². The molecule has 1 fully saturated rings. The van der Waals surface area contributed by atoms with Gasteiger partial charge in [-0.1, -0.05) is 48.0 Å². The monoisotopic (exact) mass is 373 g/mol. The summed E-state index contributed by atoms with van der Waals surface area (Å²) in [4.78, 5) is 14.5. The van der Waals surface area contributed by atoms with E-state index in [1.807, 2.05) is 35.2 Å². The second kappa shape index (κ2) is 8.56. The number of amides is 1. The molecule has 0 bridgehead atoms. The van der Waals surface area contributed by atoms with E-state index in [1.54, 1.807) is 31.2 Å². The van der Waals surface area contributed by atoms with Crippen molar-refractivity contribution < 1.29 is 14.6 Å². The first-order valence-corrected chi connectivity index (χ1v) is 9.36. The maximum absolute atomic E-state index is 12.6. The third-order valence-corrected chi connectivity index (χ3v) is 5.13. The molecule has 138 valence electrons. The third kappa shape index (κ3) is 4.57. The van der Waals surface area contributed by atoms with E-state index >= 15 is 0 Å². The quantitative estimate of drug-likeness (QED) is 0.859. The van der Waals surface area contributed by atoms with Gasteiger partial charge in [-0.05, 0) is 49.4 Å². The molecule has 4 nitrogen and oxygen atoms in total. The van der Waals surface area contributed by atoms with Crippen LogP contribution in [0.25, 0.3) is 0 Å². The van der Waals surface area contributed by atoms with Crippen LogP contribution in [0.2, 0.25) is 5.02 Å². The Kier molecular flexibility index (Phi) is 6.17. The maximum atomic E-state index is 12.6. The van der Waals surface area contributed by atoms with Gasteiger partial charge in [-0.2, -0.15) is 0 Å². The molecule has 1 amide bonds. The number of aliphatic hydroxyl groups is 1. The van der Waals surface area contributed by atoms with Crippen LogP contribution in [0.5, 0.6) is 5.75 Å². The smallest absolute Gasteiger partial charge is 0.263 e. The molecule has 5 heteroatoms. The van der Waals surface area contributed by atoms with Gasteiger partial charge in [0.2, 0.25) is 0 Å². The molecule has 2 aromatic carbocycles. The first-order chi connectivity index (χ1) is 12.5. The first kappa shape index (κ1) is 18.7. The Balaban J connectivity index is 1.53. The Morgan fingerprint density at radius 1 is 1.15 bits per heavy atom. The number of hydrogen-bond acceptors (Lipinski definition) is 3. The van der Waals surface area contributed by atoms with Gasteiger partial charge in [-0.15, -0.1) is 0 Å². The highest BCUT2D eigenvalue weighted by atomic mass is 35.5. The molecule has 1 heterocycles. The molecule has 1 aliphatic rings. The van der Waals surface area contributed by atoms with E-state index < -0.39 is 12.2 Å². The van der Waals surface area contributed by atoms with Crippen molar-refractivity contribution in [1.29, 1.82) is 0 Å². The SMILES string of the molecule is CC(Oc1cccc(Cl)c1)C(=O)N1CCC(C(O)c2ccccc2)CC1. The number of halogens is 1. The van der Waals surface area contributed by atoms with E-state index in [0.29, 0.717) is 23.9 Å². The zero-order valence-electron chi connectivity index (χ0n) is 14.8. The van der Waals surface area contributed by atoms with Crippen LogP contribution in [0.3, 0.4) is 0 Å². The van der Waals surface area contributed by atoms with Crippen LogP contribution in [0.15, 0.2) is 54.6 Å². The van der Waals surface area contributed by atoms with E-state index in [9.17, 15) is 9.90 Å². The Morgan fingerprint density at radius 3 is 2.50 bits per heavy atom. The second-order valence-corrected chi connectivity index (χ2v) is 7.17. The normalized spacial score (nSPS) is 17.6. The van der Waals surface area contributed by atoms with Crippen molar-refractivity contribution in [2.24, 2.45) is 5.92 Å². The molecule has 0 aliphatic carbocycles. The molecule has 0 radical (unpaired) electrons. The summed E-state index contributed by atoms with van der Waals surface area (Å²) in [7, 11) is 0. The lowest BCUT2D eigenvalue weighted by molar-refractivity contribution is -0.140. The molecular formula is C21H24ClNO3. The summed E-state index contributed by atoms with van der Waals surface area (Å²) < 4.78 is 5.73. The molecule has 1 N–H and O–H groups in total. The summed E-state index contributed by atoms with van der Waals surface area (Å²) in [5.41, 5.74) is 0.940. The predicted octanol–water partition coefficient (Wildman–Crippen LogP) is 4.08. The zero-order valence-corrected chi connectivity index (χ0v) is 15.6. The fourth-order valence-corrected chi connectivity index (χ4v) is 3.59. The van der Waals surface area contributed by atoms with Gasteiger partial charge in [0.05, 0.1) is 6.10 Å². The molecule has 0 aromatic heterocycles. The molecule has 2 unspecified atom stereocenters. The number of carbonyl (C=O) groups is 1. The van der Waals surface area contributed by atoms with E-state index in [1.165, 1.54) is 0 Å². The lowest BCUT2D eigenvalue weighted by Gasteiger charge is -2.35. The average Bonchev–Trinajstić information content (AvgIpc) is 2.67. The number of nitrogens with zero attached hydrogens (tertiary/aromatic N) is 1. The fourth-order valence-electron chi connectivity index (χ4n) is 3.41. The Morgan fingerprint density at radius 2 is 1.85 bits per heavy atom. The number of hydrogen-bond donors (Lipinski definition) is 1. The Labute approximate surface area is 159 Å². The zero-order chi connectivity index (χ0) is 18.5. The minimum Gasteiger partial charge on any atom is -0.481 e. The summed E-state index contributed by atoms with van der Waals surface area (Å²) in [6.07, 6.45) is 0.523. The maximum Gasteiger partial charge on any atom is 0.263 e. The van der Waals surface area contributed by atoms with Crippen LogP contribution in [-0.4, -0.2) is 35.1 Å². The molecule has 0 saturated carbocycles. The van der Waals surface area contributed by atoms with Gasteiger partial charge in [0, 0.05) is 18.1 Å². The summed E-state index contributed by atoms with van der Waals surface area (Å²) in [5.74, 6) is 0.732. The number of carbonyl (C=O) groups excluding carboxylic acids is 1. The van der Waals surface area contributed by atoms with Crippen LogP contribution in [0.1, 0.15) is 31.4 Å². The molecule has 26 heavy (non-hydrogen) atoms. The minimum atomic E-state index is -0.566. The van der Waals surface area contributed by atoms with Gasteiger partial charge in [-0.3, -0.25) is 4.79 Å². The van der Waals surface area contributed by atoms with Gasteiger partial charge in [0.1, 0.15) is 5.75 Å². The van der Waals surface area contributed by atoms with Crippen molar-refractivity contribution in [2.45, 2.75) is 32.0 Å². The van der Waals surface area contributed by atoms with Gasteiger partial charge in [0.15, 0.2) is 6.10 Å². The third-order valence-electron chi connectivity index (χ3n) is 4.90. The van der Waals surface area contributed by atoms with Crippen molar-refractivity contribution in [2.75, 3.05) is 13.1 Å². The minimum absolute atomic E-state index is 0.0300. The van der Waals surface area contributed by atoms with Gasteiger partial charge in [-0.25, -0.2) is 0 Å². The molecule has 2 atom stereocenters. The topological polar surface area (TPSA) is 49.8 Å². The van der Waals surface area contributed by atoms with Crippen molar-refractivity contribution in [3.8, 4) is 5.75 Å². The summed E-state index contributed by atoms with van der Waals surface area (Å²) >= 11 is 5.95. The van der Waals surface area contributed by atoms with E-state index in [-0.39, 0.29) is 11.8 Å². The number of ether oxygens (including phenoxy) is 1. The predicted molar refractivity (Wildman–Crippen MR) is 102 cm³/mol. The Bertz CT molecular complexity index is 729. The highest BCUT2D eigenvalue weighted by molar-refractivity contribution is 6.30. The largest absolute Gasteiger partial charge is 0.481 e. The molecule has 2 aromatic rings. The van der Waals surface area contributed by atoms with E-state index in [2.05, 4.69) is 0 Å². The van der Waals surface area contributed by atoms with Gasteiger partial charge < -0.3 is 14.7 Å². The lowest BCUT2D eigenvalue weighted by Crippen LogP contribution is -2.45. The number of likely N-dealkylation sites (tertiary alicyclic amines) is 1. The number of rotatable bonds is 5. The second-order valence-electron chi connectivity index (χ2n) is 6.74. The number of piperidine rings is 1. The van der Waals surface area contributed by atoms with Crippen molar-refractivity contribution in [1.82, 2.24) is 4.90 Å². The molecular weight excluding hydrogens is 350 g/mol. The molecule has 1 saturated heterocycles. The molecule has 0 spiro atoms. The first-order valence-electron chi connectivity index (χ1n) is 8.98. The van der Waals surface area contributed by atoms with Crippen LogP contribution in [0.4, 0.5) is 0 Å². The lowest BCUT2D eigenvalue weighted by atomic mass is 9.87. The van der Waals surface area contributed by atoms with E-state index in [4.69, 9.17) is 16.3 Å². The van der Waals surface area contributed by atoms with E-state index in [0.717, 1.165) is 18.4 Å². The van der Waals surface area contributed by atoms with Crippen LogP contribution in [-0.2, 0) is 4.79 Å². The number of benzene rings is 2. The summed E-state index contributed by atoms with van der Waals surface area (Å²) in [6.45, 7) is 3.03. The van der Waals surface area contributed by atoms with Crippen molar-refractivity contribution in [3.63, 3.8) is 0 Å². The number of aliphatic hydroxyl groups excluding tert-OH is 1. The standard InChI is InChI=1S/C21H24ClNO3/c1-15(26-19-9-5-8-18(22)14-19)21(25)23-12-10-17(11-13-23)20(24)16-6-3-2-4-7-16/h2-9,14-15,17,20,24H,10-13H2,1H3. The molecule has 3 rings (SSSR count). The van der Waals surface area contributed by atoms with Crippen LogP contribution in [0, 0.1) is 5.92 Å². The summed E-state index contributed by atoms with van der Waals surface area (Å²) in [6, 6.07) is 16.8.